The molecule has 1 N–H and O–H groups in total. The van der Waals surface area contributed by atoms with Crippen LogP contribution in [0.3, 0.4) is 0 Å². The minimum atomic E-state index is 0.314. The molecule has 0 radical (unpaired) electrons. The number of pyridine rings is 1. The topological polar surface area (TPSA) is 77.7 Å². The predicted octanol–water partition coefficient (Wildman–Crippen LogP) is 2.74. The molecular formula is C17H20N6. The summed E-state index contributed by atoms with van der Waals surface area (Å²) in [4.78, 5) is 15.0. The maximum absolute atomic E-state index is 9.05. The highest BCUT2D eigenvalue weighted by Gasteiger charge is 2.11. The molecule has 6 heteroatoms. The van der Waals surface area contributed by atoms with Crippen molar-refractivity contribution in [2.45, 2.75) is 32.2 Å². The minimum absolute atomic E-state index is 0.314. The standard InChI is InChI=1S/C17H20N6/c18-12-15-17(21-8-7-19-15)22-13-14-5-6-20-16(11-14)23-9-3-1-2-4-10-23/h5-8,11H,1-4,9-10,13H2,(H,21,22). The Bertz CT molecular complexity index is 685. The van der Waals surface area contributed by atoms with E-state index in [0.29, 0.717) is 18.1 Å². The lowest BCUT2D eigenvalue weighted by atomic mass is 10.2. The Morgan fingerprint density at radius 2 is 1.83 bits per heavy atom. The first-order valence-corrected chi connectivity index (χ1v) is 8.01. The van der Waals surface area contributed by atoms with Crippen LogP contribution in [0.2, 0.25) is 0 Å². The molecule has 1 aliphatic heterocycles. The third kappa shape index (κ3) is 3.95. The summed E-state index contributed by atoms with van der Waals surface area (Å²) < 4.78 is 0. The van der Waals surface area contributed by atoms with Crippen LogP contribution in [0.1, 0.15) is 36.9 Å². The van der Waals surface area contributed by atoms with Crippen LogP contribution in [0, 0.1) is 11.3 Å². The van der Waals surface area contributed by atoms with Gasteiger partial charge in [-0.05, 0) is 30.5 Å². The molecule has 23 heavy (non-hydrogen) atoms. The molecule has 0 spiro atoms. The van der Waals surface area contributed by atoms with E-state index in [-0.39, 0.29) is 0 Å². The Morgan fingerprint density at radius 3 is 2.61 bits per heavy atom. The van der Waals surface area contributed by atoms with Gasteiger partial charge in [0, 0.05) is 38.2 Å². The Hall–Kier alpha value is -2.68. The summed E-state index contributed by atoms with van der Waals surface area (Å²) in [5, 5.41) is 12.2. The Balaban J connectivity index is 1.69. The van der Waals surface area contributed by atoms with Crippen LogP contribution in [-0.4, -0.2) is 28.0 Å². The number of nitrogens with one attached hydrogen (secondary N) is 1. The van der Waals surface area contributed by atoms with Crippen LogP contribution in [0.4, 0.5) is 11.6 Å². The van der Waals surface area contributed by atoms with E-state index in [1.807, 2.05) is 18.3 Å². The smallest absolute Gasteiger partial charge is 0.182 e. The highest BCUT2D eigenvalue weighted by molar-refractivity contribution is 5.48. The second-order valence-corrected chi connectivity index (χ2v) is 5.64. The molecule has 0 atom stereocenters. The van der Waals surface area contributed by atoms with Crippen LogP contribution in [0.5, 0.6) is 0 Å². The third-order valence-electron chi connectivity index (χ3n) is 4.00. The van der Waals surface area contributed by atoms with Crippen molar-refractivity contribution >= 4 is 11.6 Å². The zero-order valence-electron chi connectivity index (χ0n) is 13.1. The molecule has 2 aromatic heterocycles. The lowest BCUT2D eigenvalue weighted by molar-refractivity contribution is 0.726. The highest BCUT2D eigenvalue weighted by atomic mass is 15.2. The second-order valence-electron chi connectivity index (χ2n) is 5.64. The average Bonchev–Trinajstić information content (AvgIpc) is 2.90. The molecule has 118 valence electrons. The molecule has 1 saturated heterocycles. The summed E-state index contributed by atoms with van der Waals surface area (Å²) in [5.41, 5.74) is 1.43. The van der Waals surface area contributed by atoms with Gasteiger partial charge in [-0.2, -0.15) is 5.26 Å². The Morgan fingerprint density at radius 1 is 1.04 bits per heavy atom. The van der Waals surface area contributed by atoms with Gasteiger partial charge >= 0.3 is 0 Å². The van der Waals surface area contributed by atoms with E-state index in [2.05, 4.69) is 31.2 Å². The molecule has 0 unspecified atom stereocenters. The summed E-state index contributed by atoms with van der Waals surface area (Å²) in [6.07, 6.45) is 10.0. The summed E-state index contributed by atoms with van der Waals surface area (Å²) >= 11 is 0. The van der Waals surface area contributed by atoms with E-state index in [1.54, 1.807) is 6.20 Å². The van der Waals surface area contributed by atoms with Gasteiger partial charge in [0.1, 0.15) is 11.9 Å². The maximum Gasteiger partial charge on any atom is 0.182 e. The van der Waals surface area contributed by atoms with Gasteiger partial charge in [0.05, 0.1) is 0 Å². The summed E-state index contributed by atoms with van der Waals surface area (Å²) in [6, 6.07) is 6.14. The van der Waals surface area contributed by atoms with Crippen molar-refractivity contribution in [1.29, 1.82) is 5.26 Å². The third-order valence-corrected chi connectivity index (χ3v) is 4.00. The molecule has 2 aromatic rings. The molecular weight excluding hydrogens is 288 g/mol. The van der Waals surface area contributed by atoms with Gasteiger partial charge in [0.2, 0.25) is 0 Å². The van der Waals surface area contributed by atoms with Crippen molar-refractivity contribution in [3.05, 3.63) is 42.0 Å². The quantitative estimate of drug-likeness (QED) is 0.935. The number of aromatic nitrogens is 3. The fraction of sp³-hybridized carbons (Fsp3) is 0.412. The first-order valence-electron chi connectivity index (χ1n) is 8.01. The first kappa shape index (κ1) is 15.2. The number of nitrogens with zero attached hydrogens (tertiary/aromatic N) is 5. The summed E-state index contributed by atoms with van der Waals surface area (Å²) in [6.45, 7) is 2.75. The number of rotatable bonds is 4. The molecule has 3 heterocycles. The van der Waals surface area contributed by atoms with Crippen LogP contribution in [-0.2, 0) is 6.54 Å². The van der Waals surface area contributed by atoms with E-state index in [0.717, 1.165) is 24.5 Å². The molecule has 0 bridgehead atoms. The van der Waals surface area contributed by atoms with Gasteiger partial charge in [-0.15, -0.1) is 0 Å². The largest absolute Gasteiger partial charge is 0.364 e. The van der Waals surface area contributed by atoms with Crippen LogP contribution >= 0.6 is 0 Å². The Kier molecular flexibility index (Phi) is 4.99. The zero-order valence-corrected chi connectivity index (χ0v) is 13.1. The van der Waals surface area contributed by atoms with Crippen LogP contribution in [0.25, 0.3) is 0 Å². The first-order chi connectivity index (χ1) is 11.4. The van der Waals surface area contributed by atoms with Gasteiger partial charge in [0.15, 0.2) is 11.5 Å². The van der Waals surface area contributed by atoms with E-state index < -0.39 is 0 Å². The van der Waals surface area contributed by atoms with E-state index in [1.165, 1.54) is 31.9 Å². The second kappa shape index (κ2) is 7.54. The van der Waals surface area contributed by atoms with E-state index in [9.17, 15) is 0 Å². The maximum atomic E-state index is 9.05. The van der Waals surface area contributed by atoms with E-state index >= 15 is 0 Å². The van der Waals surface area contributed by atoms with Crippen LogP contribution < -0.4 is 10.2 Å². The van der Waals surface area contributed by atoms with Gasteiger partial charge < -0.3 is 10.2 Å². The number of nitriles is 1. The number of hydrogen-bond acceptors (Lipinski definition) is 6. The lowest BCUT2D eigenvalue weighted by Crippen LogP contribution is -2.25. The van der Waals surface area contributed by atoms with Crippen molar-refractivity contribution in [2.75, 3.05) is 23.3 Å². The fourth-order valence-electron chi connectivity index (χ4n) is 2.78. The summed E-state index contributed by atoms with van der Waals surface area (Å²) in [7, 11) is 0. The monoisotopic (exact) mass is 308 g/mol. The van der Waals surface area contributed by atoms with Gasteiger partial charge in [0.25, 0.3) is 0 Å². The van der Waals surface area contributed by atoms with Crippen LogP contribution in [0.15, 0.2) is 30.7 Å². The molecule has 0 aromatic carbocycles. The normalized spacial score (nSPS) is 14.8. The highest BCUT2D eigenvalue weighted by Crippen LogP contribution is 2.19. The van der Waals surface area contributed by atoms with Gasteiger partial charge in [-0.3, -0.25) is 0 Å². The minimum Gasteiger partial charge on any atom is -0.364 e. The molecule has 6 nitrogen and oxygen atoms in total. The van der Waals surface area contributed by atoms with Crippen molar-refractivity contribution in [3.63, 3.8) is 0 Å². The zero-order chi connectivity index (χ0) is 15.9. The lowest BCUT2D eigenvalue weighted by Gasteiger charge is -2.21. The SMILES string of the molecule is N#Cc1nccnc1NCc1ccnc(N2CCCCCC2)c1. The predicted molar refractivity (Wildman–Crippen MR) is 89.0 cm³/mol. The molecule has 0 saturated carbocycles. The number of anilines is 2. The number of hydrogen-bond donors (Lipinski definition) is 1. The van der Waals surface area contributed by atoms with E-state index in [4.69, 9.17) is 5.26 Å². The fourth-order valence-corrected chi connectivity index (χ4v) is 2.78. The van der Waals surface area contributed by atoms with Crippen molar-refractivity contribution in [3.8, 4) is 6.07 Å². The molecule has 0 amide bonds. The molecule has 3 rings (SSSR count). The average molecular weight is 308 g/mol. The van der Waals surface area contributed by atoms with Crippen molar-refractivity contribution in [1.82, 2.24) is 15.0 Å². The van der Waals surface area contributed by atoms with Crippen molar-refractivity contribution in [2.24, 2.45) is 0 Å². The van der Waals surface area contributed by atoms with Crippen molar-refractivity contribution < 1.29 is 0 Å². The molecule has 0 aliphatic carbocycles. The molecule has 1 fully saturated rings. The molecule has 1 aliphatic rings. The Labute approximate surface area is 136 Å². The summed E-state index contributed by atoms with van der Waals surface area (Å²) in [5.74, 6) is 1.55. The van der Waals surface area contributed by atoms with Gasteiger partial charge in [-0.25, -0.2) is 15.0 Å². The van der Waals surface area contributed by atoms with Gasteiger partial charge in [-0.1, -0.05) is 12.8 Å².